The molecule has 0 spiro atoms. The third kappa shape index (κ3) is 3.80. The summed E-state index contributed by atoms with van der Waals surface area (Å²) in [7, 11) is 0. The van der Waals surface area contributed by atoms with E-state index in [0.29, 0.717) is 41.2 Å². The zero-order valence-corrected chi connectivity index (χ0v) is 16.2. The average Bonchev–Trinajstić information content (AvgIpc) is 3.29. The number of hydrogen-bond acceptors (Lipinski definition) is 7. The van der Waals surface area contributed by atoms with Gasteiger partial charge in [0.1, 0.15) is 5.52 Å². The molecule has 4 aromatic rings. The number of carbonyl (C=O) groups is 1. The first kappa shape index (κ1) is 19.0. The Morgan fingerprint density at radius 2 is 2.17 bits per heavy atom. The van der Waals surface area contributed by atoms with Crippen LogP contribution in [0, 0.1) is 10.1 Å². The van der Waals surface area contributed by atoms with Crippen molar-refractivity contribution in [3.8, 4) is 0 Å². The molecule has 0 aliphatic carbocycles. The van der Waals surface area contributed by atoms with Crippen LogP contribution >= 0.6 is 11.3 Å². The maximum atomic E-state index is 12.6. The number of benzene rings is 2. The van der Waals surface area contributed by atoms with Crippen molar-refractivity contribution in [2.75, 3.05) is 13.2 Å². The fraction of sp³-hybridized carbons (Fsp3) is 0.211. The Labute approximate surface area is 168 Å². The topological polar surface area (TPSA) is 113 Å². The minimum Gasteiger partial charge on any atom is -0.432 e. The molecule has 0 aliphatic rings. The molecule has 0 radical (unpaired) electrons. The number of nitro benzene ring substituents is 1. The van der Waals surface area contributed by atoms with Crippen LogP contribution in [-0.2, 0) is 11.3 Å². The van der Waals surface area contributed by atoms with Gasteiger partial charge >= 0.3 is 5.91 Å². The van der Waals surface area contributed by atoms with Crippen molar-refractivity contribution in [3.63, 3.8) is 0 Å². The van der Waals surface area contributed by atoms with Gasteiger partial charge in [0, 0.05) is 25.3 Å². The third-order valence-corrected chi connectivity index (χ3v) is 5.27. The van der Waals surface area contributed by atoms with Crippen LogP contribution < -0.4 is 4.80 Å². The number of hydrogen-bond donors (Lipinski definition) is 0. The van der Waals surface area contributed by atoms with Crippen LogP contribution in [0.5, 0.6) is 0 Å². The Bertz CT molecular complexity index is 1250. The van der Waals surface area contributed by atoms with Gasteiger partial charge in [-0.1, -0.05) is 23.5 Å². The van der Waals surface area contributed by atoms with Gasteiger partial charge in [-0.3, -0.25) is 14.9 Å². The number of non-ortho nitro benzene ring substituents is 1. The van der Waals surface area contributed by atoms with Gasteiger partial charge in [-0.25, -0.2) is 4.98 Å². The number of ether oxygens (including phenoxy) is 1. The molecule has 2 aromatic carbocycles. The molecular weight excluding hydrogens is 396 g/mol. The highest BCUT2D eigenvalue weighted by Gasteiger charge is 2.16. The predicted molar refractivity (Wildman–Crippen MR) is 107 cm³/mol. The standard InChI is InChI=1S/C19H16N4O5S/c1-2-27-10-9-22-14-11-12(23(25)26)7-8-16(14)29-19(22)21-17(24)18-20-13-5-3-4-6-15(13)28-18/h3-8,11H,2,9-10H2,1H3. The van der Waals surface area contributed by atoms with Crippen molar-refractivity contribution >= 4 is 44.2 Å². The lowest BCUT2D eigenvalue weighted by atomic mass is 10.3. The number of rotatable bonds is 6. The second kappa shape index (κ2) is 7.94. The molecule has 4 rings (SSSR count). The summed E-state index contributed by atoms with van der Waals surface area (Å²) >= 11 is 1.26. The van der Waals surface area contributed by atoms with Crippen LogP contribution in [0.1, 0.15) is 17.6 Å². The molecule has 0 bridgehead atoms. The van der Waals surface area contributed by atoms with Crippen LogP contribution in [0.4, 0.5) is 5.69 Å². The van der Waals surface area contributed by atoms with E-state index in [9.17, 15) is 14.9 Å². The first-order valence-corrected chi connectivity index (χ1v) is 9.68. The molecule has 1 amide bonds. The van der Waals surface area contributed by atoms with E-state index in [1.54, 1.807) is 34.9 Å². The Morgan fingerprint density at radius 1 is 1.34 bits per heavy atom. The van der Waals surface area contributed by atoms with Gasteiger partial charge in [0.25, 0.3) is 11.6 Å². The molecule has 148 valence electrons. The predicted octanol–water partition coefficient (Wildman–Crippen LogP) is 3.53. The summed E-state index contributed by atoms with van der Waals surface area (Å²) in [5.41, 5.74) is 1.66. The van der Waals surface area contributed by atoms with Gasteiger partial charge in [0.2, 0.25) is 0 Å². The summed E-state index contributed by atoms with van der Waals surface area (Å²) in [5.74, 6) is -0.724. The van der Waals surface area contributed by atoms with Gasteiger partial charge in [0.05, 0.1) is 21.7 Å². The quantitative estimate of drug-likeness (QED) is 0.272. The summed E-state index contributed by atoms with van der Waals surface area (Å²) in [4.78, 5) is 32.1. The number of amides is 1. The molecule has 0 atom stereocenters. The molecule has 0 saturated heterocycles. The maximum absolute atomic E-state index is 12.6. The van der Waals surface area contributed by atoms with Gasteiger partial charge in [-0.2, -0.15) is 4.99 Å². The lowest BCUT2D eigenvalue weighted by Crippen LogP contribution is -2.19. The van der Waals surface area contributed by atoms with Gasteiger partial charge in [0.15, 0.2) is 10.4 Å². The van der Waals surface area contributed by atoms with Crippen molar-refractivity contribution in [3.05, 3.63) is 63.3 Å². The Balaban J connectivity index is 1.80. The van der Waals surface area contributed by atoms with Crippen molar-refractivity contribution in [2.24, 2.45) is 4.99 Å². The normalized spacial score (nSPS) is 12.1. The van der Waals surface area contributed by atoms with E-state index in [-0.39, 0.29) is 11.6 Å². The third-order valence-electron chi connectivity index (χ3n) is 4.21. The fourth-order valence-electron chi connectivity index (χ4n) is 2.87. The second-order valence-corrected chi connectivity index (χ2v) is 7.06. The zero-order valence-electron chi connectivity index (χ0n) is 15.4. The first-order chi connectivity index (χ1) is 14.1. The lowest BCUT2D eigenvalue weighted by Gasteiger charge is -2.05. The number of aromatic nitrogens is 2. The summed E-state index contributed by atoms with van der Waals surface area (Å²) in [5, 5.41) is 11.1. The molecule has 0 aliphatic heterocycles. The SMILES string of the molecule is CCOCCn1c(=NC(=O)c2nc3ccccc3o2)sc2ccc([N+](=O)[O-])cc21. The van der Waals surface area contributed by atoms with E-state index in [0.717, 1.165) is 4.70 Å². The second-order valence-electron chi connectivity index (χ2n) is 6.05. The Hall–Kier alpha value is -3.37. The van der Waals surface area contributed by atoms with Crippen LogP contribution in [-0.4, -0.2) is 33.6 Å². The molecule has 0 saturated carbocycles. The van der Waals surface area contributed by atoms with E-state index >= 15 is 0 Å². The van der Waals surface area contributed by atoms with Gasteiger partial charge < -0.3 is 13.7 Å². The van der Waals surface area contributed by atoms with Crippen molar-refractivity contribution in [1.29, 1.82) is 0 Å². The highest BCUT2D eigenvalue weighted by molar-refractivity contribution is 7.16. The number of thiazole rings is 1. The molecule has 0 unspecified atom stereocenters. The van der Waals surface area contributed by atoms with E-state index in [1.165, 1.54) is 23.5 Å². The Kier molecular flexibility index (Phi) is 5.19. The molecule has 2 aromatic heterocycles. The van der Waals surface area contributed by atoms with Crippen molar-refractivity contribution in [2.45, 2.75) is 13.5 Å². The van der Waals surface area contributed by atoms with Gasteiger partial charge in [-0.15, -0.1) is 0 Å². The lowest BCUT2D eigenvalue weighted by molar-refractivity contribution is -0.384. The average molecular weight is 412 g/mol. The molecule has 9 nitrogen and oxygen atoms in total. The molecule has 0 fully saturated rings. The minimum absolute atomic E-state index is 0.0303. The summed E-state index contributed by atoms with van der Waals surface area (Å²) in [6, 6.07) is 11.6. The minimum atomic E-state index is -0.618. The molecule has 0 N–H and O–H groups in total. The molecule has 2 heterocycles. The van der Waals surface area contributed by atoms with Gasteiger partial charge in [-0.05, 0) is 25.1 Å². The van der Waals surface area contributed by atoms with Crippen molar-refractivity contribution < 1.29 is 18.9 Å². The summed E-state index contributed by atoms with van der Waals surface area (Å²) < 4.78 is 13.4. The smallest absolute Gasteiger partial charge is 0.335 e. The summed E-state index contributed by atoms with van der Waals surface area (Å²) in [6.07, 6.45) is 0. The van der Waals surface area contributed by atoms with E-state index in [4.69, 9.17) is 9.15 Å². The molecular formula is C19H16N4O5S. The number of nitrogens with zero attached hydrogens (tertiary/aromatic N) is 4. The first-order valence-electron chi connectivity index (χ1n) is 8.87. The Morgan fingerprint density at radius 3 is 2.93 bits per heavy atom. The highest BCUT2D eigenvalue weighted by atomic mass is 32.1. The van der Waals surface area contributed by atoms with E-state index in [2.05, 4.69) is 9.98 Å². The van der Waals surface area contributed by atoms with Crippen molar-refractivity contribution in [1.82, 2.24) is 9.55 Å². The van der Waals surface area contributed by atoms with Crippen LogP contribution in [0.25, 0.3) is 21.3 Å². The number of fused-ring (bicyclic) bond motifs is 2. The molecule has 29 heavy (non-hydrogen) atoms. The largest absolute Gasteiger partial charge is 0.432 e. The number of nitro groups is 1. The number of oxazole rings is 1. The van der Waals surface area contributed by atoms with Crippen LogP contribution in [0.2, 0.25) is 0 Å². The number of para-hydroxylation sites is 2. The fourth-order valence-corrected chi connectivity index (χ4v) is 3.91. The highest BCUT2D eigenvalue weighted by Crippen LogP contribution is 2.23. The monoisotopic (exact) mass is 412 g/mol. The maximum Gasteiger partial charge on any atom is 0.335 e. The van der Waals surface area contributed by atoms with E-state index in [1.807, 2.05) is 6.92 Å². The van der Waals surface area contributed by atoms with E-state index < -0.39 is 10.8 Å². The van der Waals surface area contributed by atoms with Crippen LogP contribution in [0.15, 0.2) is 51.9 Å². The number of carbonyl (C=O) groups excluding carboxylic acids is 1. The summed E-state index contributed by atoms with van der Waals surface area (Å²) in [6.45, 7) is 3.20. The van der Waals surface area contributed by atoms with Crippen LogP contribution in [0.3, 0.4) is 0 Å². The zero-order chi connectivity index (χ0) is 20.4. The molecule has 10 heteroatoms.